The number of hydrogen-bond acceptors (Lipinski definition) is 6. The lowest BCUT2D eigenvalue weighted by atomic mass is 9.98. The van der Waals surface area contributed by atoms with Gasteiger partial charge in [0.25, 0.3) is 0 Å². The van der Waals surface area contributed by atoms with Crippen LogP contribution in [0.4, 0.5) is 4.79 Å². The summed E-state index contributed by atoms with van der Waals surface area (Å²) in [5, 5.41) is 7.24. The number of halogens is 1. The van der Waals surface area contributed by atoms with Crippen molar-refractivity contribution in [1.82, 2.24) is 25.4 Å². The number of aromatic amines is 1. The van der Waals surface area contributed by atoms with E-state index in [0.717, 1.165) is 62.2 Å². The van der Waals surface area contributed by atoms with E-state index in [4.69, 9.17) is 21.1 Å². The van der Waals surface area contributed by atoms with E-state index in [0.29, 0.717) is 31.0 Å². The first-order valence-electron chi connectivity index (χ1n) is 13.7. The Hall–Kier alpha value is -2.82. The smallest absolute Gasteiger partial charge is 0.408 e. The van der Waals surface area contributed by atoms with Crippen molar-refractivity contribution in [2.75, 3.05) is 39.4 Å². The van der Waals surface area contributed by atoms with Gasteiger partial charge >= 0.3 is 6.09 Å². The van der Waals surface area contributed by atoms with Gasteiger partial charge in [-0.05, 0) is 70.7 Å². The summed E-state index contributed by atoms with van der Waals surface area (Å²) in [6.45, 7) is 10.4. The molecular formula is C28H40ClN5O5. The first-order chi connectivity index (χ1) is 18.6. The number of carbonyl (C=O) groups is 3. The fraction of sp³-hybridized carbons (Fsp3) is 0.607. The van der Waals surface area contributed by atoms with Crippen molar-refractivity contribution in [3.05, 3.63) is 35.0 Å². The highest BCUT2D eigenvalue weighted by atomic mass is 35.5. The molecule has 10 nitrogen and oxygen atoms in total. The summed E-state index contributed by atoms with van der Waals surface area (Å²) in [6, 6.07) is 4.48. The van der Waals surface area contributed by atoms with Crippen LogP contribution in [0.1, 0.15) is 52.0 Å². The molecule has 0 saturated carbocycles. The third-order valence-corrected chi connectivity index (χ3v) is 7.39. The number of ether oxygens (including phenoxy) is 2. The highest BCUT2D eigenvalue weighted by Crippen LogP contribution is 2.24. The Balaban J connectivity index is 1.32. The van der Waals surface area contributed by atoms with E-state index in [1.165, 1.54) is 0 Å². The molecule has 39 heavy (non-hydrogen) atoms. The molecule has 214 valence electrons. The maximum Gasteiger partial charge on any atom is 0.408 e. The Labute approximate surface area is 234 Å². The zero-order valence-corrected chi connectivity index (χ0v) is 23.8. The van der Waals surface area contributed by atoms with Crippen LogP contribution in [-0.4, -0.2) is 89.8 Å². The van der Waals surface area contributed by atoms with Gasteiger partial charge in [0.1, 0.15) is 17.7 Å². The Bertz CT molecular complexity index is 1160. The molecule has 11 heteroatoms. The van der Waals surface area contributed by atoms with E-state index < -0.39 is 23.8 Å². The molecule has 3 N–H and O–H groups in total. The van der Waals surface area contributed by atoms with Gasteiger partial charge in [-0.2, -0.15) is 0 Å². The number of benzene rings is 1. The molecule has 2 aliphatic rings. The van der Waals surface area contributed by atoms with Crippen LogP contribution in [0, 0.1) is 0 Å². The number of morpholine rings is 1. The van der Waals surface area contributed by atoms with Gasteiger partial charge in [0, 0.05) is 43.3 Å². The van der Waals surface area contributed by atoms with Crippen molar-refractivity contribution < 1.29 is 23.9 Å². The molecule has 0 bridgehead atoms. The average Bonchev–Trinajstić information content (AvgIpc) is 3.23. The fourth-order valence-corrected chi connectivity index (χ4v) is 5.10. The molecular weight excluding hydrogens is 522 g/mol. The summed E-state index contributed by atoms with van der Waals surface area (Å²) in [7, 11) is 0. The average molecular weight is 562 g/mol. The number of alkyl carbamates (subject to hydrolysis) is 1. The summed E-state index contributed by atoms with van der Waals surface area (Å²) < 4.78 is 10.8. The Kier molecular flexibility index (Phi) is 9.74. The van der Waals surface area contributed by atoms with Gasteiger partial charge in [-0.15, -0.1) is 0 Å². The molecule has 0 spiro atoms. The number of rotatable bonds is 10. The molecule has 2 fully saturated rings. The lowest BCUT2D eigenvalue weighted by Gasteiger charge is -2.41. The molecule has 2 aromatic rings. The zero-order valence-electron chi connectivity index (χ0n) is 23.1. The van der Waals surface area contributed by atoms with Gasteiger partial charge in [-0.25, -0.2) is 4.79 Å². The van der Waals surface area contributed by atoms with Gasteiger partial charge in [-0.1, -0.05) is 17.7 Å². The Morgan fingerprint density at radius 2 is 1.95 bits per heavy atom. The lowest BCUT2D eigenvalue weighted by molar-refractivity contribution is -0.149. The molecule has 2 aliphatic heterocycles. The van der Waals surface area contributed by atoms with Crippen molar-refractivity contribution in [2.45, 2.75) is 70.7 Å². The summed E-state index contributed by atoms with van der Waals surface area (Å²) in [4.78, 5) is 46.0. The van der Waals surface area contributed by atoms with Crippen LogP contribution < -0.4 is 10.6 Å². The highest BCUT2D eigenvalue weighted by Gasteiger charge is 2.40. The maximum absolute atomic E-state index is 13.5. The number of nitrogens with one attached hydrogen (secondary N) is 3. The van der Waals surface area contributed by atoms with E-state index in [9.17, 15) is 14.4 Å². The first-order valence-corrected chi connectivity index (χ1v) is 14.1. The molecule has 0 unspecified atom stereocenters. The molecule has 1 aromatic heterocycles. The molecule has 1 aromatic carbocycles. The van der Waals surface area contributed by atoms with Crippen molar-refractivity contribution >= 4 is 40.4 Å². The third-order valence-electron chi connectivity index (χ3n) is 7.08. The standard InChI is InChI=1S/C28H40ClN5O5/c1-28(2,3)39-27(37)32-23(6-4-5-10-33-12-14-38-15-13-33)26(36)34-11-9-24(34)25(35)31-17-19-7-8-22-20(16-19)21(29)18-30-22/h7-8,16,18,23-24,30H,4-6,9-15,17H2,1-3H3,(H,31,35)(H,32,37)/t23-,24+/m1/s1. The number of nitrogens with zero attached hydrogens (tertiary/aromatic N) is 2. The first kappa shape index (κ1) is 29.2. The predicted molar refractivity (Wildman–Crippen MR) is 150 cm³/mol. The topological polar surface area (TPSA) is 116 Å². The van der Waals surface area contributed by atoms with Crippen molar-refractivity contribution in [1.29, 1.82) is 0 Å². The number of hydrogen-bond donors (Lipinski definition) is 3. The molecule has 2 saturated heterocycles. The number of H-pyrrole nitrogens is 1. The zero-order chi connectivity index (χ0) is 28.0. The van der Waals surface area contributed by atoms with Crippen LogP contribution in [0.15, 0.2) is 24.4 Å². The molecule has 2 atom stereocenters. The molecule has 0 aliphatic carbocycles. The van der Waals surface area contributed by atoms with E-state index >= 15 is 0 Å². The fourth-order valence-electron chi connectivity index (χ4n) is 4.89. The second kappa shape index (κ2) is 13.0. The van der Waals surface area contributed by atoms with Gasteiger partial charge < -0.3 is 30.0 Å². The van der Waals surface area contributed by atoms with E-state index in [1.807, 2.05) is 18.2 Å². The Morgan fingerprint density at radius 3 is 2.64 bits per heavy atom. The summed E-state index contributed by atoms with van der Waals surface area (Å²) in [6.07, 6.45) is 3.82. The van der Waals surface area contributed by atoms with Crippen LogP contribution >= 0.6 is 11.6 Å². The monoisotopic (exact) mass is 561 g/mol. The van der Waals surface area contributed by atoms with Crippen LogP contribution in [0.5, 0.6) is 0 Å². The third kappa shape index (κ3) is 8.09. The molecule has 0 radical (unpaired) electrons. The van der Waals surface area contributed by atoms with Crippen LogP contribution in [0.25, 0.3) is 10.9 Å². The van der Waals surface area contributed by atoms with E-state index in [1.54, 1.807) is 31.9 Å². The van der Waals surface area contributed by atoms with Gasteiger partial charge in [0.05, 0.1) is 18.2 Å². The number of carbonyl (C=O) groups excluding carboxylic acids is 3. The summed E-state index contributed by atoms with van der Waals surface area (Å²) >= 11 is 6.22. The van der Waals surface area contributed by atoms with Gasteiger partial charge in [0.2, 0.25) is 11.8 Å². The van der Waals surface area contributed by atoms with Crippen molar-refractivity contribution in [2.24, 2.45) is 0 Å². The quantitative estimate of drug-likeness (QED) is 0.383. The van der Waals surface area contributed by atoms with Crippen molar-refractivity contribution in [3.8, 4) is 0 Å². The minimum Gasteiger partial charge on any atom is -0.444 e. The van der Waals surface area contributed by atoms with Crippen LogP contribution in [-0.2, 0) is 25.6 Å². The number of unbranched alkanes of at least 4 members (excludes halogenated alkanes) is 1. The lowest BCUT2D eigenvalue weighted by Crippen LogP contribution is -2.62. The van der Waals surface area contributed by atoms with E-state index in [2.05, 4.69) is 20.5 Å². The highest BCUT2D eigenvalue weighted by molar-refractivity contribution is 6.35. The van der Waals surface area contributed by atoms with Crippen molar-refractivity contribution in [3.63, 3.8) is 0 Å². The normalized spacial score (nSPS) is 18.9. The minimum atomic E-state index is -0.752. The molecule has 3 heterocycles. The predicted octanol–water partition coefficient (Wildman–Crippen LogP) is 3.43. The Morgan fingerprint density at radius 1 is 1.18 bits per heavy atom. The minimum absolute atomic E-state index is 0.210. The van der Waals surface area contributed by atoms with Gasteiger partial charge in [-0.3, -0.25) is 14.5 Å². The number of aromatic nitrogens is 1. The molecule has 4 rings (SSSR count). The number of amides is 3. The SMILES string of the molecule is CC(C)(C)OC(=O)N[C@H](CCCCN1CCOCC1)C(=O)N1CC[C@H]1C(=O)NCc1ccc2[nH]cc(Cl)c2c1. The summed E-state index contributed by atoms with van der Waals surface area (Å²) in [5.74, 6) is -0.461. The second-order valence-corrected chi connectivity index (χ2v) is 11.6. The summed E-state index contributed by atoms with van der Waals surface area (Å²) in [5.41, 5.74) is 1.17. The molecule has 3 amide bonds. The van der Waals surface area contributed by atoms with Gasteiger partial charge in [0.15, 0.2) is 0 Å². The maximum atomic E-state index is 13.5. The van der Waals surface area contributed by atoms with E-state index in [-0.39, 0.29) is 11.8 Å². The van der Waals surface area contributed by atoms with Crippen LogP contribution in [0.2, 0.25) is 5.02 Å². The largest absolute Gasteiger partial charge is 0.444 e. The van der Waals surface area contributed by atoms with Crippen LogP contribution in [0.3, 0.4) is 0 Å². The number of fused-ring (bicyclic) bond motifs is 1. The second-order valence-electron chi connectivity index (χ2n) is 11.2. The number of likely N-dealkylation sites (tertiary alicyclic amines) is 1.